The van der Waals surface area contributed by atoms with Gasteiger partial charge in [-0.05, 0) is 62.2 Å². The molecule has 6 nitrogen and oxygen atoms in total. The second-order valence-electron chi connectivity index (χ2n) is 9.23. The topological polar surface area (TPSA) is 71.6 Å². The van der Waals surface area contributed by atoms with E-state index < -0.39 is 5.41 Å². The van der Waals surface area contributed by atoms with Gasteiger partial charge in [-0.1, -0.05) is 19.4 Å². The van der Waals surface area contributed by atoms with E-state index in [1.54, 1.807) is 14.2 Å². The van der Waals surface area contributed by atoms with Gasteiger partial charge in [0.15, 0.2) is 5.78 Å². The molecular formula is C26H36N2O4. The zero-order valence-corrected chi connectivity index (χ0v) is 19.7. The predicted molar refractivity (Wildman–Crippen MR) is 125 cm³/mol. The standard InChI is InChI=1S/C26H36N2O4/c1-4-14-28-22-17-19-18-8-6-5-7-9-23(29)24(18)27-21(19)11-10-20(22)26(25(28)30,12-15-31-2)13-16-32-3/h11,17,27H,4-10,12-16H2,1-3H3. The molecule has 174 valence electrons. The highest BCUT2D eigenvalue weighted by molar-refractivity contribution is 5.97. The highest BCUT2D eigenvalue weighted by atomic mass is 16.5. The van der Waals surface area contributed by atoms with Gasteiger partial charge in [-0.2, -0.15) is 0 Å². The third kappa shape index (κ3) is 3.88. The molecule has 1 aromatic heterocycles. The van der Waals surface area contributed by atoms with E-state index in [0.717, 1.165) is 59.6 Å². The van der Waals surface area contributed by atoms with Crippen LogP contribution in [0.2, 0.25) is 0 Å². The summed E-state index contributed by atoms with van der Waals surface area (Å²) in [7, 11) is 3.38. The van der Waals surface area contributed by atoms with Gasteiger partial charge in [0.25, 0.3) is 0 Å². The van der Waals surface area contributed by atoms with E-state index in [9.17, 15) is 9.59 Å². The van der Waals surface area contributed by atoms with Crippen LogP contribution in [0.1, 0.15) is 74.3 Å². The summed E-state index contributed by atoms with van der Waals surface area (Å²) in [6.07, 6.45) is 11.9. The molecule has 2 heterocycles. The van der Waals surface area contributed by atoms with E-state index in [2.05, 4.69) is 24.1 Å². The first-order chi connectivity index (χ1) is 15.6. The molecule has 2 aliphatic carbocycles. The Bertz CT molecular complexity index is 1020. The van der Waals surface area contributed by atoms with Crippen LogP contribution in [0.25, 0.3) is 12.2 Å². The van der Waals surface area contributed by atoms with Crippen molar-refractivity contribution in [2.75, 3.05) is 34.0 Å². The summed E-state index contributed by atoms with van der Waals surface area (Å²) in [6.45, 7) is 3.86. The minimum absolute atomic E-state index is 0.168. The molecule has 1 amide bonds. The largest absolute Gasteiger partial charge is 0.385 e. The molecule has 0 aromatic carbocycles. The monoisotopic (exact) mass is 440 g/mol. The molecule has 32 heavy (non-hydrogen) atoms. The molecule has 0 radical (unpaired) electrons. The van der Waals surface area contributed by atoms with Crippen LogP contribution in [0, 0.1) is 5.41 Å². The lowest BCUT2D eigenvalue weighted by atomic mass is 9.74. The Hall–Kier alpha value is -2.18. The number of aromatic amines is 1. The molecule has 1 aromatic rings. The number of carbonyl (C=O) groups is 2. The molecule has 4 rings (SSSR count). The van der Waals surface area contributed by atoms with Crippen molar-refractivity contribution >= 4 is 23.8 Å². The van der Waals surface area contributed by atoms with Crippen molar-refractivity contribution in [2.45, 2.75) is 64.7 Å². The van der Waals surface area contributed by atoms with Crippen molar-refractivity contribution in [3.63, 3.8) is 0 Å². The predicted octanol–water partition coefficient (Wildman–Crippen LogP) is 2.84. The Morgan fingerprint density at radius 2 is 1.78 bits per heavy atom. The molecule has 1 N–H and O–H groups in total. The van der Waals surface area contributed by atoms with Crippen LogP contribution in [-0.4, -0.2) is 55.6 Å². The Balaban J connectivity index is 1.89. The molecule has 0 unspecified atom stereocenters. The fourth-order valence-electron chi connectivity index (χ4n) is 5.64. The van der Waals surface area contributed by atoms with E-state index in [1.165, 1.54) is 5.57 Å². The molecule has 6 heteroatoms. The third-order valence-corrected chi connectivity index (χ3v) is 7.32. The number of methoxy groups -OCH3 is 2. The Labute approximate surface area is 190 Å². The van der Waals surface area contributed by atoms with Crippen molar-refractivity contribution in [3.8, 4) is 0 Å². The first-order valence-electron chi connectivity index (χ1n) is 12.1. The summed E-state index contributed by atoms with van der Waals surface area (Å²) in [5.41, 5.74) is 3.50. The number of hydrogen-bond donors (Lipinski definition) is 1. The minimum atomic E-state index is -0.600. The number of amides is 1. The fraction of sp³-hybridized carbons (Fsp3) is 0.615. The van der Waals surface area contributed by atoms with E-state index in [1.807, 2.05) is 4.90 Å². The lowest BCUT2D eigenvalue weighted by Crippen LogP contribution is -2.40. The van der Waals surface area contributed by atoms with Crippen LogP contribution in [0.15, 0.2) is 11.3 Å². The summed E-state index contributed by atoms with van der Waals surface area (Å²) in [6, 6.07) is 0. The van der Waals surface area contributed by atoms with E-state index in [-0.39, 0.29) is 11.7 Å². The van der Waals surface area contributed by atoms with Crippen LogP contribution >= 0.6 is 0 Å². The quantitative estimate of drug-likeness (QED) is 0.675. The number of allylic oxidation sites excluding steroid dienone is 1. The van der Waals surface area contributed by atoms with E-state index in [4.69, 9.17) is 9.47 Å². The highest BCUT2D eigenvalue weighted by Gasteiger charge is 2.50. The van der Waals surface area contributed by atoms with Gasteiger partial charge in [-0.15, -0.1) is 0 Å². The first kappa shape index (κ1) is 23.0. The van der Waals surface area contributed by atoms with Crippen LogP contribution in [-0.2, 0) is 20.7 Å². The van der Waals surface area contributed by atoms with Gasteiger partial charge in [-0.25, -0.2) is 0 Å². The number of ether oxygens (including phenoxy) is 2. The van der Waals surface area contributed by atoms with Crippen LogP contribution in [0.5, 0.6) is 0 Å². The van der Waals surface area contributed by atoms with Gasteiger partial charge in [0.2, 0.25) is 5.91 Å². The second kappa shape index (κ2) is 9.75. The smallest absolute Gasteiger partial charge is 0.237 e. The molecule has 0 spiro atoms. The SMILES string of the molecule is CCCN1C(=O)C(CCOC)(CCOC)C2=C1C=c1c3c([nH]c1=CC2)C(=O)CCCCC3. The summed E-state index contributed by atoms with van der Waals surface area (Å²) in [5, 5.41) is 2.12. The first-order valence-corrected chi connectivity index (χ1v) is 12.1. The number of nitrogens with one attached hydrogen (secondary N) is 1. The van der Waals surface area contributed by atoms with Gasteiger partial charge >= 0.3 is 0 Å². The van der Waals surface area contributed by atoms with Crippen molar-refractivity contribution in [1.82, 2.24) is 9.88 Å². The van der Waals surface area contributed by atoms with Crippen LogP contribution < -0.4 is 10.6 Å². The summed E-state index contributed by atoms with van der Waals surface area (Å²) < 4.78 is 10.8. The van der Waals surface area contributed by atoms with Gasteiger partial charge in [0.05, 0.1) is 11.1 Å². The maximum atomic E-state index is 13.9. The van der Waals surface area contributed by atoms with Crippen molar-refractivity contribution in [2.24, 2.45) is 5.41 Å². The zero-order chi connectivity index (χ0) is 22.7. The molecule has 0 saturated carbocycles. The van der Waals surface area contributed by atoms with Crippen molar-refractivity contribution in [1.29, 1.82) is 0 Å². The molecule has 0 saturated heterocycles. The molecule has 0 bridgehead atoms. The van der Waals surface area contributed by atoms with Crippen LogP contribution in [0.4, 0.5) is 0 Å². The van der Waals surface area contributed by atoms with Gasteiger partial charge < -0.3 is 19.4 Å². The maximum Gasteiger partial charge on any atom is 0.237 e. The Morgan fingerprint density at radius 3 is 2.47 bits per heavy atom. The van der Waals surface area contributed by atoms with Gasteiger partial charge in [-0.3, -0.25) is 9.59 Å². The van der Waals surface area contributed by atoms with E-state index >= 15 is 0 Å². The molecular weight excluding hydrogens is 404 g/mol. The van der Waals surface area contributed by atoms with E-state index in [0.29, 0.717) is 45.4 Å². The van der Waals surface area contributed by atoms with Crippen molar-refractivity contribution < 1.29 is 19.1 Å². The number of H-pyrrole nitrogens is 1. The number of fused-ring (bicyclic) bond motifs is 3. The summed E-state index contributed by atoms with van der Waals surface area (Å²) in [4.78, 5) is 32.1. The molecule has 1 aliphatic heterocycles. The maximum absolute atomic E-state index is 13.9. The molecule has 0 atom stereocenters. The minimum Gasteiger partial charge on any atom is -0.385 e. The summed E-state index contributed by atoms with van der Waals surface area (Å²) >= 11 is 0. The lowest BCUT2D eigenvalue weighted by molar-refractivity contribution is -0.137. The number of hydrogen-bond acceptors (Lipinski definition) is 4. The number of Topliss-reactive ketones (excluding diaryl/α,β-unsaturated/α-hetero) is 1. The molecule has 0 fully saturated rings. The van der Waals surface area contributed by atoms with Crippen LogP contribution in [0.3, 0.4) is 0 Å². The molecule has 3 aliphatic rings. The number of rotatable bonds is 8. The van der Waals surface area contributed by atoms with Crippen molar-refractivity contribution in [3.05, 3.63) is 33.1 Å². The highest BCUT2D eigenvalue weighted by Crippen LogP contribution is 2.48. The second-order valence-corrected chi connectivity index (χ2v) is 9.23. The fourth-order valence-corrected chi connectivity index (χ4v) is 5.64. The Morgan fingerprint density at radius 1 is 1.06 bits per heavy atom. The number of carbonyl (C=O) groups excluding carboxylic acids is 2. The number of nitrogens with zero attached hydrogens (tertiary/aromatic N) is 1. The third-order valence-electron chi connectivity index (χ3n) is 7.32. The van der Waals surface area contributed by atoms with Gasteiger partial charge in [0, 0.05) is 56.7 Å². The normalized spacial score (nSPS) is 20.0. The number of aromatic nitrogens is 1. The Kier molecular flexibility index (Phi) is 7.01. The average molecular weight is 441 g/mol. The van der Waals surface area contributed by atoms with Gasteiger partial charge in [0.1, 0.15) is 0 Å². The lowest BCUT2D eigenvalue weighted by Gasteiger charge is -2.31. The number of ketones is 1. The summed E-state index contributed by atoms with van der Waals surface area (Å²) in [5.74, 6) is 0.382. The average Bonchev–Trinajstić information content (AvgIpc) is 3.13. The zero-order valence-electron chi connectivity index (χ0n) is 19.7.